The monoisotopic (exact) mass is 517 g/mol. The molecule has 0 bridgehead atoms. The number of ether oxygens (including phenoxy) is 1. The van der Waals surface area contributed by atoms with E-state index in [1.165, 1.54) is 12.1 Å². The molecule has 0 spiro atoms. The summed E-state index contributed by atoms with van der Waals surface area (Å²) in [6.45, 7) is 2.68. The molecule has 2 amide bonds. The first-order valence-electron chi connectivity index (χ1n) is 13.0. The third-order valence-corrected chi connectivity index (χ3v) is 7.35. The summed E-state index contributed by atoms with van der Waals surface area (Å²) in [6, 6.07) is 17.7. The molecule has 1 saturated heterocycles. The zero-order valence-electron chi connectivity index (χ0n) is 21.6. The van der Waals surface area contributed by atoms with E-state index >= 15 is 0 Å². The van der Waals surface area contributed by atoms with Crippen molar-refractivity contribution >= 4 is 17.6 Å². The molecule has 0 unspecified atom stereocenters. The van der Waals surface area contributed by atoms with Crippen LogP contribution in [0.5, 0.6) is 5.75 Å². The van der Waals surface area contributed by atoms with E-state index in [-0.39, 0.29) is 30.1 Å². The summed E-state index contributed by atoms with van der Waals surface area (Å²) in [5.74, 6) is 1.14. The van der Waals surface area contributed by atoms with Crippen molar-refractivity contribution in [3.8, 4) is 17.0 Å². The van der Waals surface area contributed by atoms with Crippen LogP contribution in [-0.4, -0.2) is 71.6 Å². The van der Waals surface area contributed by atoms with E-state index in [0.717, 1.165) is 47.7 Å². The van der Waals surface area contributed by atoms with Gasteiger partial charge in [-0.2, -0.15) is 0 Å². The van der Waals surface area contributed by atoms with Gasteiger partial charge in [-0.15, -0.1) is 10.2 Å². The molecule has 3 aromatic rings. The van der Waals surface area contributed by atoms with E-state index in [4.69, 9.17) is 4.74 Å². The quantitative estimate of drug-likeness (QED) is 0.453. The maximum Gasteiger partial charge on any atom is 0.242 e. The lowest BCUT2D eigenvalue weighted by Crippen LogP contribution is -2.52. The number of amides is 2. The van der Waals surface area contributed by atoms with E-state index in [1.807, 2.05) is 36.4 Å². The molecule has 5 rings (SSSR count). The van der Waals surface area contributed by atoms with Gasteiger partial charge in [-0.1, -0.05) is 30.7 Å². The summed E-state index contributed by atoms with van der Waals surface area (Å²) < 4.78 is 18.6. The highest BCUT2D eigenvalue weighted by atomic mass is 19.1. The minimum absolute atomic E-state index is 0.0129. The Morgan fingerprint density at radius 1 is 1.00 bits per heavy atom. The van der Waals surface area contributed by atoms with Crippen molar-refractivity contribution in [2.24, 2.45) is 5.92 Å². The summed E-state index contributed by atoms with van der Waals surface area (Å²) in [5.41, 5.74) is 2.51. The highest BCUT2D eigenvalue weighted by molar-refractivity contribution is 5.86. The highest BCUT2D eigenvalue weighted by Crippen LogP contribution is 2.29. The Balaban J connectivity index is 1.18. The number of aromatic nitrogens is 2. The van der Waals surface area contributed by atoms with Crippen LogP contribution in [0.15, 0.2) is 60.7 Å². The van der Waals surface area contributed by atoms with Gasteiger partial charge >= 0.3 is 0 Å². The van der Waals surface area contributed by atoms with Crippen LogP contribution >= 0.6 is 0 Å². The minimum Gasteiger partial charge on any atom is -0.497 e. The van der Waals surface area contributed by atoms with Crippen molar-refractivity contribution < 1.29 is 18.7 Å². The van der Waals surface area contributed by atoms with Crippen molar-refractivity contribution in [3.05, 3.63) is 72.0 Å². The van der Waals surface area contributed by atoms with E-state index in [1.54, 1.807) is 29.0 Å². The predicted molar refractivity (Wildman–Crippen MR) is 142 cm³/mol. The molecular weight excluding hydrogens is 485 g/mol. The van der Waals surface area contributed by atoms with E-state index < -0.39 is 0 Å². The Bertz CT molecular complexity index is 1260. The van der Waals surface area contributed by atoms with E-state index in [0.29, 0.717) is 32.7 Å². The first-order valence-corrected chi connectivity index (χ1v) is 13.0. The molecule has 1 aliphatic heterocycles. The lowest BCUT2D eigenvalue weighted by molar-refractivity contribution is -0.145. The molecule has 2 heterocycles. The van der Waals surface area contributed by atoms with Gasteiger partial charge in [0.2, 0.25) is 11.8 Å². The summed E-state index contributed by atoms with van der Waals surface area (Å²) in [4.78, 5) is 31.8. The fourth-order valence-electron chi connectivity index (χ4n) is 4.81. The normalized spacial score (nSPS) is 15.6. The fourth-order valence-corrected chi connectivity index (χ4v) is 4.81. The van der Waals surface area contributed by atoms with Crippen molar-refractivity contribution in [1.29, 1.82) is 0 Å². The summed E-state index contributed by atoms with van der Waals surface area (Å²) in [6.07, 6.45) is 2.77. The summed E-state index contributed by atoms with van der Waals surface area (Å²) >= 11 is 0. The number of rotatable bonds is 8. The third kappa shape index (κ3) is 5.93. The second-order valence-corrected chi connectivity index (χ2v) is 9.83. The van der Waals surface area contributed by atoms with Crippen LogP contribution in [0.1, 0.15) is 24.8 Å². The first-order chi connectivity index (χ1) is 18.5. The second kappa shape index (κ2) is 11.6. The van der Waals surface area contributed by atoms with Crippen LogP contribution in [0.2, 0.25) is 0 Å². The Labute approximate surface area is 222 Å². The lowest BCUT2D eigenvalue weighted by atomic mass is 9.84. The number of anilines is 1. The topological polar surface area (TPSA) is 78.9 Å². The van der Waals surface area contributed by atoms with Crippen LogP contribution in [0.25, 0.3) is 11.3 Å². The lowest BCUT2D eigenvalue weighted by Gasteiger charge is -2.37. The third-order valence-electron chi connectivity index (χ3n) is 7.35. The number of carbonyl (C=O) groups excluding carboxylic acids is 2. The smallest absolute Gasteiger partial charge is 0.242 e. The van der Waals surface area contributed by atoms with Crippen LogP contribution in [0.4, 0.5) is 10.2 Å². The Hall–Kier alpha value is -4.01. The zero-order valence-corrected chi connectivity index (χ0v) is 21.6. The predicted octanol–water partition coefficient (Wildman–Crippen LogP) is 3.77. The Morgan fingerprint density at radius 2 is 1.76 bits per heavy atom. The van der Waals surface area contributed by atoms with Crippen molar-refractivity contribution in [2.75, 3.05) is 44.7 Å². The fraction of sp³-hybridized carbons (Fsp3) is 0.379. The highest BCUT2D eigenvalue weighted by Gasteiger charge is 2.32. The molecule has 1 saturated carbocycles. The van der Waals surface area contributed by atoms with Crippen molar-refractivity contribution in [3.63, 3.8) is 0 Å². The molecule has 2 fully saturated rings. The first kappa shape index (κ1) is 25.6. The average Bonchev–Trinajstić information content (AvgIpc) is 2.93. The molecular formula is C29H32FN5O3. The maximum atomic E-state index is 13.3. The van der Waals surface area contributed by atoms with Gasteiger partial charge in [-0.3, -0.25) is 9.59 Å². The number of hydrogen-bond acceptors (Lipinski definition) is 6. The molecule has 1 aromatic heterocycles. The van der Waals surface area contributed by atoms with Crippen LogP contribution in [0.3, 0.4) is 0 Å². The summed E-state index contributed by atoms with van der Waals surface area (Å²) in [5, 5.41) is 8.81. The Kier molecular flexibility index (Phi) is 7.81. The maximum absolute atomic E-state index is 13.3. The van der Waals surface area contributed by atoms with Crippen molar-refractivity contribution in [2.45, 2.75) is 25.8 Å². The molecule has 2 aromatic carbocycles. The van der Waals surface area contributed by atoms with Crippen LogP contribution in [-0.2, 0) is 16.1 Å². The molecule has 0 N–H and O–H groups in total. The molecule has 1 aliphatic carbocycles. The van der Waals surface area contributed by atoms with E-state index in [9.17, 15) is 14.0 Å². The largest absolute Gasteiger partial charge is 0.497 e. The summed E-state index contributed by atoms with van der Waals surface area (Å²) in [7, 11) is 1.63. The van der Waals surface area contributed by atoms with Crippen LogP contribution < -0.4 is 9.64 Å². The molecule has 2 aliphatic rings. The molecule has 8 nitrogen and oxygen atoms in total. The number of nitrogens with zero attached hydrogens (tertiary/aromatic N) is 5. The number of halogens is 1. The number of methoxy groups -OCH3 is 1. The van der Waals surface area contributed by atoms with Crippen LogP contribution in [0, 0.1) is 11.7 Å². The molecule has 0 atom stereocenters. The van der Waals surface area contributed by atoms with Gasteiger partial charge in [0.1, 0.15) is 18.1 Å². The molecule has 9 heteroatoms. The van der Waals surface area contributed by atoms with Gasteiger partial charge in [-0.05, 0) is 54.8 Å². The number of piperazine rings is 1. The van der Waals surface area contributed by atoms with Gasteiger partial charge in [0.05, 0.1) is 12.8 Å². The molecule has 0 radical (unpaired) electrons. The van der Waals surface area contributed by atoms with Crippen molar-refractivity contribution in [1.82, 2.24) is 20.0 Å². The zero-order chi connectivity index (χ0) is 26.5. The number of benzene rings is 2. The molecule has 38 heavy (non-hydrogen) atoms. The molecule has 198 valence electrons. The SMILES string of the molecule is COc1cccc(-c2ccc(N3CCN(C(=O)CN(Cc4ccc(F)cc4)C(=O)C4CCC4)CC3)nn2)c1. The number of carbonyl (C=O) groups is 2. The Morgan fingerprint density at radius 3 is 2.39 bits per heavy atom. The number of hydrogen-bond donors (Lipinski definition) is 0. The average molecular weight is 518 g/mol. The van der Waals surface area contributed by atoms with Gasteiger partial charge in [-0.25, -0.2) is 4.39 Å². The minimum atomic E-state index is -0.320. The second-order valence-electron chi connectivity index (χ2n) is 9.83. The van der Waals surface area contributed by atoms with E-state index in [2.05, 4.69) is 15.1 Å². The van der Waals surface area contributed by atoms with Gasteiger partial charge in [0, 0.05) is 44.2 Å². The standard InChI is InChI=1S/C29H32FN5O3/c1-38-25-7-3-6-23(18-25)26-12-13-27(32-31-26)33-14-16-34(17-15-33)28(36)20-35(29(37)22-4-2-5-22)19-21-8-10-24(30)11-9-21/h3,6-13,18,22H,2,4-5,14-17,19-20H2,1H3. The van der Waals surface area contributed by atoms with Gasteiger partial charge in [0.15, 0.2) is 5.82 Å². The van der Waals surface area contributed by atoms with Gasteiger partial charge < -0.3 is 19.4 Å². The van der Waals surface area contributed by atoms with Gasteiger partial charge in [0.25, 0.3) is 0 Å².